The third-order valence-electron chi connectivity index (χ3n) is 16.1. The molecule has 9 rings (SSSR count). The third kappa shape index (κ3) is 14.5. The zero-order chi connectivity index (χ0) is 59.0. The van der Waals surface area contributed by atoms with Crippen LogP contribution in [-0.4, -0.2) is 92.0 Å². The van der Waals surface area contributed by atoms with Gasteiger partial charge in [0.1, 0.15) is 31.4 Å². The van der Waals surface area contributed by atoms with Gasteiger partial charge in [0, 0.05) is 84.0 Å². The number of methoxy groups -OCH3 is 1. The molecule has 4 aliphatic heterocycles. The van der Waals surface area contributed by atoms with Crippen LogP contribution in [-0.2, 0) is 73.0 Å². The molecule has 5 aromatic carbocycles. The molecule has 19 heteroatoms. The highest BCUT2D eigenvalue weighted by Crippen LogP contribution is 2.44. The number of fused-ring (bicyclic) bond motifs is 8. The third-order valence-corrected chi connectivity index (χ3v) is 17.0. The van der Waals surface area contributed by atoms with Crippen molar-refractivity contribution in [1.82, 2.24) is 5.32 Å². The van der Waals surface area contributed by atoms with Crippen molar-refractivity contribution >= 4 is 68.6 Å². The number of oxime groups is 1. The lowest BCUT2D eigenvalue weighted by Gasteiger charge is -2.28. The summed E-state index contributed by atoms with van der Waals surface area (Å²) in [5.41, 5.74) is 8.53. The van der Waals surface area contributed by atoms with Crippen LogP contribution in [0.3, 0.4) is 0 Å². The van der Waals surface area contributed by atoms with Crippen molar-refractivity contribution in [3.8, 4) is 17.2 Å². The van der Waals surface area contributed by atoms with Gasteiger partial charge in [0.15, 0.2) is 17.3 Å². The highest BCUT2D eigenvalue weighted by molar-refractivity contribution is 7.85. The summed E-state index contributed by atoms with van der Waals surface area (Å²) in [6.07, 6.45) is 7.68. The van der Waals surface area contributed by atoms with E-state index in [1.54, 1.807) is 56.2 Å². The molecule has 0 radical (unpaired) electrons. The summed E-state index contributed by atoms with van der Waals surface area (Å²) in [4.78, 5) is 89.7. The number of Topliss-reactive ketones (excluding diaryl/α,β-unsaturated/α-hetero) is 2. The van der Waals surface area contributed by atoms with Crippen LogP contribution in [0.25, 0.3) is 0 Å². The second kappa shape index (κ2) is 26.6. The zero-order valence-corrected chi connectivity index (χ0v) is 48.6. The molecule has 0 aromatic heterocycles. The van der Waals surface area contributed by atoms with E-state index in [2.05, 4.69) is 21.9 Å². The Morgan fingerprint density at radius 1 is 0.747 bits per heavy atom. The molecule has 4 heterocycles. The molecule has 4 amide bonds. The number of nitrogens with one attached hydrogen (secondary N) is 2. The van der Waals surface area contributed by atoms with E-state index >= 15 is 0 Å². The van der Waals surface area contributed by atoms with Crippen LogP contribution in [0, 0.1) is 18.8 Å². The van der Waals surface area contributed by atoms with Crippen molar-refractivity contribution in [3.05, 3.63) is 141 Å². The predicted molar refractivity (Wildman–Crippen MR) is 315 cm³/mol. The maximum atomic E-state index is 14.5. The van der Waals surface area contributed by atoms with Gasteiger partial charge in [-0.15, -0.1) is 0 Å². The average molecular weight is 1150 g/mol. The first-order chi connectivity index (χ1) is 39.9. The minimum absolute atomic E-state index is 0.0312. The smallest absolute Gasteiger partial charge is 0.265 e. The van der Waals surface area contributed by atoms with Crippen molar-refractivity contribution < 1.29 is 60.8 Å². The molecule has 1 unspecified atom stereocenters. The minimum atomic E-state index is -4.44. The molecule has 5 atom stereocenters. The topological polar surface area (TPSA) is 237 Å². The Hall–Kier alpha value is -7.90. The van der Waals surface area contributed by atoms with Crippen LogP contribution in [0.15, 0.2) is 96.2 Å². The molecule has 5 aromatic rings. The second-order valence-electron chi connectivity index (χ2n) is 22.3. The molecular formula is C64H73N5O13S. The van der Waals surface area contributed by atoms with E-state index in [9.17, 15) is 41.7 Å². The molecule has 0 bridgehead atoms. The summed E-state index contributed by atoms with van der Waals surface area (Å²) in [5, 5.41) is 9.42. The summed E-state index contributed by atoms with van der Waals surface area (Å²) in [5.74, 6) is -2.20. The monoisotopic (exact) mass is 1150 g/mol. The van der Waals surface area contributed by atoms with E-state index in [0.717, 1.165) is 41.6 Å². The number of rotatable bonds is 26. The molecule has 3 N–H and O–H groups in total. The largest absolute Gasteiger partial charge is 0.493 e. The maximum absolute atomic E-state index is 14.5. The van der Waals surface area contributed by atoms with Crippen molar-refractivity contribution in [3.63, 3.8) is 0 Å². The van der Waals surface area contributed by atoms with Crippen molar-refractivity contribution in [2.24, 2.45) is 17.0 Å². The highest BCUT2D eigenvalue weighted by atomic mass is 32.2. The van der Waals surface area contributed by atoms with Gasteiger partial charge >= 0.3 is 0 Å². The molecule has 0 fully saturated rings. The Labute approximate surface area is 485 Å². The molecule has 438 valence electrons. The van der Waals surface area contributed by atoms with Gasteiger partial charge in [-0.2, -0.15) is 8.42 Å². The highest BCUT2D eigenvalue weighted by Gasteiger charge is 2.44. The summed E-state index contributed by atoms with van der Waals surface area (Å²) < 4.78 is 53.9. The fourth-order valence-corrected chi connectivity index (χ4v) is 12.8. The summed E-state index contributed by atoms with van der Waals surface area (Å²) in [7, 11) is -2.98. The standard InChI is InChI=1S/C64H73N5O13S/c1-6-65-82-24-14-13-18-51(70)17-9-12-21-61(72)66-41(4)57(71)26-40(3)62(73)67-49-28-42(36-80-58-33-44-22-23-50-31-45-15-7-10-19-54(45)68(50)63(74)52(44)25-39(58)2)27-43(29-49)37-81-60-34-47-30-48(38-83(76,77)78)56-32-46-16-8-11-20-55(46)69(56)64(75)53(47)35-59(60)79-5/h6-8,10-11,15-16,19-20,25,27-29,33-35,40-41,48,50,56H,9,12-14,17-18,21-24,26,30-32,36-38H2,1-5H3,(H,66,72)(H,67,73)(H,76,77,78)/b65-6-/t40-,41+,48?,50-,56+/m1/s1. The molecular weight excluding hydrogens is 1080 g/mol. The van der Waals surface area contributed by atoms with Crippen LogP contribution >= 0.6 is 0 Å². The SMILES string of the molecule is C/C=N\OCCCCC(=O)CCCCC(=O)N[C@@H](C)C(=O)C[C@@H](C)C(=O)Nc1cc(COc2cc3c(cc2C)C(=O)N2c4ccccc4C[C@H]2CC3)cc(COc2cc3c(cc2OC)C(=O)N2c4ccccc4C[C@H]2C(CS(=O)(=O)O)C3)c1. The van der Waals surface area contributed by atoms with Crippen LogP contribution < -0.4 is 34.6 Å². The number of hydrogen-bond donors (Lipinski definition) is 3. The zero-order valence-electron chi connectivity index (χ0n) is 47.7. The number of para-hydroxylation sites is 2. The quantitative estimate of drug-likeness (QED) is 0.0203. The first-order valence-corrected chi connectivity index (χ1v) is 30.2. The Kier molecular flexibility index (Phi) is 19.1. The van der Waals surface area contributed by atoms with Crippen molar-refractivity contribution in [2.45, 2.75) is 143 Å². The number of benzene rings is 5. The van der Waals surface area contributed by atoms with Gasteiger partial charge in [0.05, 0.1) is 18.9 Å². The first-order valence-electron chi connectivity index (χ1n) is 28.6. The fourth-order valence-electron chi connectivity index (χ4n) is 11.9. The van der Waals surface area contributed by atoms with Gasteiger partial charge in [0.2, 0.25) is 11.8 Å². The summed E-state index contributed by atoms with van der Waals surface area (Å²) >= 11 is 0. The number of hydrogen-bond acceptors (Lipinski definition) is 13. The Morgan fingerprint density at radius 2 is 1.37 bits per heavy atom. The summed E-state index contributed by atoms with van der Waals surface area (Å²) in [6.45, 7) is 7.32. The number of aryl methyl sites for hydroxylation is 2. The number of carbonyl (C=O) groups excluding carboxylic acids is 6. The molecule has 0 spiro atoms. The van der Waals surface area contributed by atoms with Crippen LogP contribution in [0.4, 0.5) is 17.1 Å². The van der Waals surface area contributed by atoms with Crippen molar-refractivity contribution in [1.29, 1.82) is 0 Å². The number of amides is 4. The lowest BCUT2D eigenvalue weighted by atomic mass is 9.91. The van der Waals surface area contributed by atoms with Gasteiger partial charge in [-0.3, -0.25) is 33.3 Å². The lowest BCUT2D eigenvalue weighted by molar-refractivity contribution is -0.129. The van der Waals surface area contributed by atoms with E-state index < -0.39 is 45.7 Å². The molecule has 18 nitrogen and oxygen atoms in total. The van der Waals surface area contributed by atoms with Gasteiger partial charge in [-0.1, -0.05) is 48.5 Å². The summed E-state index contributed by atoms with van der Waals surface area (Å²) in [6, 6.07) is 26.7. The predicted octanol–water partition coefficient (Wildman–Crippen LogP) is 9.67. The molecule has 83 heavy (non-hydrogen) atoms. The number of ketones is 2. The van der Waals surface area contributed by atoms with Crippen LogP contribution in [0.5, 0.6) is 17.2 Å². The van der Waals surface area contributed by atoms with Crippen LogP contribution in [0.1, 0.15) is 138 Å². The number of nitrogens with zero attached hydrogens (tertiary/aromatic N) is 3. The fraction of sp³-hybridized carbons (Fsp3) is 0.422. The normalized spacial score (nSPS) is 17.6. The first kappa shape index (κ1) is 59.7. The lowest BCUT2D eigenvalue weighted by Crippen LogP contribution is -2.43. The van der Waals surface area contributed by atoms with E-state index in [1.165, 1.54) is 12.7 Å². The van der Waals surface area contributed by atoms with Crippen molar-refractivity contribution in [2.75, 3.05) is 34.6 Å². The number of unbranched alkanes of at least 4 members (excludes halogenated alkanes) is 2. The van der Waals surface area contributed by atoms with Gasteiger partial charge in [0.25, 0.3) is 21.9 Å². The number of carbonyl (C=O) groups is 6. The second-order valence-corrected chi connectivity index (χ2v) is 23.8. The minimum Gasteiger partial charge on any atom is -0.493 e. The van der Waals surface area contributed by atoms with Gasteiger partial charge < -0.3 is 39.5 Å². The Morgan fingerprint density at radius 3 is 2.07 bits per heavy atom. The Bertz CT molecular complexity index is 3440. The van der Waals surface area contributed by atoms with Gasteiger partial charge in [-0.05, 0) is 172 Å². The van der Waals surface area contributed by atoms with E-state index in [4.69, 9.17) is 19.0 Å². The number of anilines is 3. The molecule has 0 saturated heterocycles. The molecule has 0 saturated carbocycles. The van der Waals surface area contributed by atoms with E-state index in [0.29, 0.717) is 96.5 Å². The van der Waals surface area contributed by atoms with E-state index in [1.807, 2.05) is 72.5 Å². The molecule has 4 aliphatic rings. The average Bonchev–Trinajstić information content (AvgIpc) is 2.84. The van der Waals surface area contributed by atoms with Gasteiger partial charge in [-0.25, -0.2) is 0 Å². The Balaban J connectivity index is 0.897. The van der Waals surface area contributed by atoms with E-state index in [-0.39, 0.29) is 79.3 Å². The molecule has 0 aliphatic carbocycles. The van der Waals surface area contributed by atoms with Crippen LogP contribution in [0.2, 0.25) is 0 Å². The number of ether oxygens (including phenoxy) is 3. The maximum Gasteiger partial charge on any atom is 0.265 e.